The van der Waals surface area contributed by atoms with Crippen LogP contribution in [0, 0.1) is 0 Å². The van der Waals surface area contributed by atoms with Crippen LogP contribution >= 0.6 is 11.3 Å². The molecular weight excluding hydrogens is 390 g/mol. The minimum atomic E-state index is -0.283. The molecule has 0 aliphatic carbocycles. The number of morpholine rings is 1. The van der Waals surface area contributed by atoms with Crippen molar-refractivity contribution in [3.63, 3.8) is 0 Å². The SMILES string of the molecule is CCc1nc2c(sc3nc(N4CCOCC4)c4c(c32)CC(C)(C)OC4)c(=O)n1N. The number of nitrogen functional groups attached to an aromatic ring is 1. The maximum atomic E-state index is 12.9. The van der Waals surface area contributed by atoms with Crippen LogP contribution < -0.4 is 16.3 Å². The molecule has 5 heterocycles. The van der Waals surface area contributed by atoms with Crippen molar-refractivity contribution < 1.29 is 9.47 Å². The van der Waals surface area contributed by atoms with Crippen molar-refractivity contribution in [3.05, 3.63) is 27.3 Å². The number of aromatic nitrogens is 3. The van der Waals surface area contributed by atoms with Gasteiger partial charge < -0.3 is 20.2 Å². The fraction of sp³-hybridized carbons (Fsp3) is 0.550. The number of fused-ring (bicyclic) bond motifs is 5. The van der Waals surface area contributed by atoms with Crippen molar-refractivity contribution in [1.82, 2.24) is 14.6 Å². The largest absolute Gasteiger partial charge is 0.378 e. The van der Waals surface area contributed by atoms with E-state index in [1.54, 1.807) is 0 Å². The molecular formula is C20H25N5O3S. The van der Waals surface area contributed by atoms with Crippen molar-refractivity contribution in [2.24, 2.45) is 0 Å². The van der Waals surface area contributed by atoms with Gasteiger partial charge in [-0.25, -0.2) is 14.6 Å². The van der Waals surface area contributed by atoms with Gasteiger partial charge in [0, 0.05) is 36.9 Å². The lowest BCUT2D eigenvalue weighted by atomic mass is 9.90. The number of nitrogens with two attached hydrogens (primary N) is 1. The number of rotatable bonds is 2. The molecule has 2 N–H and O–H groups in total. The lowest BCUT2D eigenvalue weighted by molar-refractivity contribution is -0.0396. The standard InChI is InChI=1S/C20H25N5O3S/c1-4-13-22-15-14-11-9-20(2,3)28-10-12(11)17(24-5-7-27-8-6-24)23-18(14)29-16(15)19(26)25(13)21/h4-10,21H2,1-3H3. The van der Waals surface area contributed by atoms with Gasteiger partial charge in [0.25, 0.3) is 5.56 Å². The Kier molecular flexibility index (Phi) is 4.30. The molecule has 3 aromatic heterocycles. The molecule has 0 spiro atoms. The maximum absolute atomic E-state index is 12.9. The van der Waals surface area contributed by atoms with Crippen molar-refractivity contribution in [2.45, 2.75) is 45.8 Å². The summed E-state index contributed by atoms with van der Waals surface area (Å²) in [5.74, 6) is 7.52. The molecule has 9 heteroatoms. The molecule has 1 saturated heterocycles. The summed E-state index contributed by atoms with van der Waals surface area (Å²) >= 11 is 1.39. The third-order valence-corrected chi connectivity index (χ3v) is 6.84. The van der Waals surface area contributed by atoms with Gasteiger partial charge in [0.05, 0.1) is 30.9 Å². The topological polar surface area (TPSA) is 95.5 Å². The summed E-state index contributed by atoms with van der Waals surface area (Å²) in [5, 5.41) is 0.987. The number of anilines is 1. The molecule has 2 aliphatic heterocycles. The Hall–Kier alpha value is -2.23. The molecule has 0 bridgehead atoms. The molecule has 154 valence electrons. The number of thiophene rings is 1. The Bertz CT molecular complexity index is 1180. The average molecular weight is 416 g/mol. The van der Waals surface area contributed by atoms with Crippen molar-refractivity contribution in [3.8, 4) is 0 Å². The molecule has 29 heavy (non-hydrogen) atoms. The van der Waals surface area contributed by atoms with Crippen LogP contribution in [0.25, 0.3) is 20.4 Å². The molecule has 5 rings (SSSR count). The van der Waals surface area contributed by atoms with E-state index in [-0.39, 0.29) is 11.2 Å². The van der Waals surface area contributed by atoms with Crippen LogP contribution in [0.15, 0.2) is 4.79 Å². The summed E-state index contributed by atoms with van der Waals surface area (Å²) in [7, 11) is 0. The highest BCUT2D eigenvalue weighted by Gasteiger charge is 2.33. The molecule has 8 nitrogen and oxygen atoms in total. The number of ether oxygens (including phenoxy) is 2. The summed E-state index contributed by atoms with van der Waals surface area (Å²) < 4.78 is 13.4. The first kappa shape index (κ1) is 18.8. The zero-order valence-corrected chi connectivity index (χ0v) is 17.8. The summed E-state index contributed by atoms with van der Waals surface area (Å²) in [4.78, 5) is 25.8. The second-order valence-corrected chi connectivity index (χ2v) is 9.23. The summed E-state index contributed by atoms with van der Waals surface area (Å²) in [6.07, 6.45) is 1.34. The van der Waals surface area contributed by atoms with Gasteiger partial charge in [0.1, 0.15) is 21.2 Å². The Morgan fingerprint density at radius 1 is 1.21 bits per heavy atom. The fourth-order valence-corrected chi connectivity index (χ4v) is 5.33. The lowest BCUT2D eigenvalue weighted by Gasteiger charge is -2.36. The van der Waals surface area contributed by atoms with E-state index in [2.05, 4.69) is 18.7 Å². The Morgan fingerprint density at radius 2 is 1.97 bits per heavy atom. The van der Waals surface area contributed by atoms with Crippen LogP contribution in [0.3, 0.4) is 0 Å². The third kappa shape index (κ3) is 2.91. The molecule has 3 aromatic rings. The van der Waals surface area contributed by atoms with Crippen LogP contribution in [0.2, 0.25) is 0 Å². The molecule has 0 atom stereocenters. The van der Waals surface area contributed by atoms with Crippen LogP contribution in [0.5, 0.6) is 0 Å². The zero-order valence-electron chi connectivity index (χ0n) is 16.9. The highest BCUT2D eigenvalue weighted by Crippen LogP contribution is 2.42. The zero-order chi connectivity index (χ0) is 20.3. The summed E-state index contributed by atoms with van der Waals surface area (Å²) in [6.45, 7) is 9.63. The van der Waals surface area contributed by atoms with Gasteiger partial charge in [0.15, 0.2) is 0 Å². The summed E-state index contributed by atoms with van der Waals surface area (Å²) in [6, 6.07) is 0. The number of aryl methyl sites for hydroxylation is 1. The smallest absolute Gasteiger partial charge is 0.289 e. The van der Waals surface area contributed by atoms with E-state index in [0.717, 1.165) is 46.6 Å². The lowest BCUT2D eigenvalue weighted by Crippen LogP contribution is -2.39. The molecule has 0 amide bonds. The van der Waals surface area contributed by atoms with Crippen molar-refractivity contribution >= 4 is 37.6 Å². The Labute approximate surface area is 172 Å². The Balaban J connectivity index is 1.85. The second-order valence-electron chi connectivity index (χ2n) is 8.23. The molecule has 0 saturated carbocycles. The van der Waals surface area contributed by atoms with E-state index in [4.69, 9.17) is 25.3 Å². The molecule has 1 fully saturated rings. The van der Waals surface area contributed by atoms with E-state index in [1.165, 1.54) is 21.6 Å². The van der Waals surface area contributed by atoms with Crippen molar-refractivity contribution in [2.75, 3.05) is 37.0 Å². The molecule has 0 radical (unpaired) electrons. The number of pyridine rings is 1. The summed E-state index contributed by atoms with van der Waals surface area (Å²) in [5.41, 5.74) is 2.54. The monoisotopic (exact) mass is 415 g/mol. The Morgan fingerprint density at radius 3 is 2.69 bits per heavy atom. The minimum Gasteiger partial charge on any atom is -0.378 e. The fourth-order valence-electron chi connectivity index (χ4n) is 4.25. The highest BCUT2D eigenvalue weighted by atomic mass is 32.1. The predicted octanol–water partition coefficient (Wildman–Crippen LogP) is 1.97. The number of hydrogen-bond acceptors (Lipinski definition) is 8. The first-order chi connectivity index (χ1) is 13.9. The second kappa shape index (κ2) is 6.65. The van der Waals surface area contributed by atoms with E-state index in [0.29, 0.717) is 36.8 Å². The maximum Gasteiger partial charge on any atom is 0.289 e. The molecule has 0 aromatic carbocycles. The van der Waals surface area contributed by atoms with Gasteiger partial charge in [0.2, 0.25) is 0 Å². The van der Waals surface area contributed by atoms with Gasteiger partial charge in [-0.1, -0.05) is 6.92 Å². The molecule has 0 unspecified atom stereocenters. The van der Waals surface area contributed by atoms with Crippen molar-refractivity contribution in [1.29, 1.82) is 0 Å². The van der Waals surface area contributed by atoms with Gasteiger partial charge in [-0.2, -0.15) is 0 Å². The third-order valence-electron chi connectivity index (χ3n) is 5.78. The minimum absolute atomic E-state index is 0.206. The van der Waals surface area contributed by atoms with Crippen LogP contribution in [0.1, 0.15) is 37.7 Å². The van der Waals surface area contributed by atoms with E-state index < -0.39 is 0 Å². The first-order valence-corrected chi connectivity index (χ1v) is 10.8. The van der Waals surface area contributed by atoms with Gasteiger partial charge >= 0.3 is 0 Å². The van der Waals surface area contributed by atoms with E-state index in [1.807, 2.05) is 6.92 Å². The quantitative estimate of drug-likeness (QED) is 0.639. The number of hydrogen-bond donors (Lipinski definition) is 1. The number of nitrogens with zero attached hydrogens (tertiary/aromatic N) is 4. The molecule has 2 aliphatic rings. The van der Waals surface area contributed by atoms with Crippen LogP contribution in [-0.4, -0.2) is 46.5 Å². The van der Waals surface area contributed by atoms with E-state index >= 15 is 0 Å². The van der Waals surface area contributed by atoms with Crippen LogP contribution in [-0.2, 0) is 28.9 Å². The van der Waals surface area contributed by atoms with Gasteiger partial charge in [-0.3, -0.25) is 4.79 Å². The van der Waals surface area contributed by atoms with Gasteiger partial charge in [-0.05, 0) is 19.4 Å². The van der Waals surface area contributed by atoms with Crippen LogP contribution in [0.4, 0.5) is 5.82 Å². The first-order valence-electron chi connectivity index (χ1n) is 10.0. The highest BCUT2D eigenvalue weighted by molar-refractivity contribution is 7.25. The predicted molar refractivity (Wildman–Crippen MR) is 114 cm³/mol. The normalized spacial score (nSPS) is 19.1. The average Bonchev–Trinajstić information content (AvgIpc) is 3.09. The van der Waals surface area contributed by atoms with E-state index in [9.17, 15) is 4.79 Å². The van der Waals surface area contributed by atoms with Gasteiger partial charge in [-0.15, -0.1) is 11.3 Å².